The summed E-state index contributed by atoms with van der Waals surface area (Å²) >= 11 is 0. The molecule has 7 nitrogen and oxygen atoms in total. The molecule has 3 heterocycles. The van der Waals surface area contributed by atoms with Gasteiger partial charge in [0.15, 0.2) is 5.76 Å². The van der Waals surface area contributed by atoms with Gasteiger partial charge in [-0.3, -0.25) is 0 Å². The summed E-state index contributed by atoms with van der Waals surface area (Å²) in [5.74, 6) is 1.60. The lowest BCUT2D eigenvalue weighted by Gasteiger charge is -2.16. The number of hydrogen-bond donors (Lipinski definition) is 2. The van der Waals surface area contributed by atoms with E-state index in [0.717, 1.165) is 24.5 Å². The Morgan fingerprint density at radius 3 is 2.70 bits per heavy atom. The third-order valence-corrected chi connectivity index (χ3v) is 3.96. The molecule has 23 heavy (non-hydrogen) atoms. The number of aromatic nitrogens is 2. The van der Waals surface area contributed by atoms with E-state index in [0.29, 0.717) is 23.7 Å². The first-order valence-corrected chi connectivity index (χ1v) is 7.81. The van der Waals surface area contributed by atoms with Gasteiger partial charge in [-0.25, -0.2) is 9.78 Å². The number of hydrogen-bond acceptors (Lipinski definition) is 5. The maximum atomic E-state index is 11.9. The average molecular weight is 315 g/mol. The van der Waals surface area contributed by atoms with Gasteiger partial charge in [-0.2, -0.15) is 0 Å². The molecule has 0 aromatic carbocycles. The summed E-state index contributed by atoms with van der Waals surface area (Å²) in [4.78, 5) is 18.7. The van der Waals surface area contributed by atoms with Gasteiger partial charge in [-0.05, 0) is 38.3 Å². The normalized spacial score (nSPS) is 14.1. The second-order valence-corrected chi connectivity index (χ2v) is 5.73. The molecule has 0 radical (unpaired) electrons. The van der Waals surface area contributed by atoms with E-state index in [2.05, 4.69) is 25.7 Å². The van der Waals surface area contributed by atoms with Crippen molar-refractivity contribution >= 4 is 17.5 Å². The van der Waals surface area contributed by atoms with Gasteiger partial charge in [-0.15, -0.1) is 0 Å². The first-order valence-electron chi connectivity index (χ1n) is 7.81. The third-order valence-electron chi connectivity index (χ3n) is 3.96. The molecule has 0 bridgehead atoms. The molecule has 2 amide bonds. The first-order chi connectivity index (χ1) is 11.1. The van der Waals surface area contributed by atoms with Gasteiger partial charge in [0.25, 0.3) is 0 Å². The van der Waals surface area contributed by atoms with Crippen LogP contribution in [0.5, 0.6) is 0 Å². The molecule has 0 aliphatic carbocycles. The molecule has 7 heteroatoms. The average Bonchev–Trinajstić information content (AvgIpc) is 3.19. The molecule has 2 aromatic rings. The summed E-state index contributed by atoms with van der Waals surface area (Å²) in [5, 5.41) is 9.36. The fraction of sp³-hybridized carbons (Fsp3) is 0.438. The van der Waals surface area contributed by atoms with Crippen molar-refractivity contribution in [2.45, 2.75) is 33.2 Å². The highest BCUT2D eigenvalue weighted by atomic mass is 16.5. The maximum absolute atomic E-state index is 11.9. The Morgan fingerprint density at radius 2 is 2.09 bits per heavy atom. The molecular formula is C16H21N5O2. The van der Waals surface area contributed by atoms with E-state index < -0.39 is 0 Å². The van der Waals surface area contributed by atoms with Gasteiger partial charge in [0.1, 0.15) is 17.2 Å². The van der Waals surface area contributed by atoms with Crippen LogP contribution in [-0.4, -0.2) is 29.3 Å². The molecule has 0 atom stereocenters. The first kappa shape index (κ1) is 15.3. The van der Waals surface area contributed by atoms with Crippen LogP contribution in [0.2, 0.25) is 0 Å². The molecular weight excluding hydrogens is 294 g/mol. The van der Waals surface area contributed by atoms with E-state index in [4.69, 9.17) is 4.52 Å². The highest BCUT2D eigenvalue weighted by Crippen LogP contribution is 2.19. The van der Waals surface area contributed by atoms with Crippen molar-refractivity contribution in [1.82, 2.24) is 15.5 Å². The molecule has 1 saturated heterocycles. The van der Waals surface area contributed by atoms with Crippen LogP contribution in [0.1, 0.15) is 29.9 Å². The number of amides is 2. The van der Waals surface area contributed by atoms with Crippen molar-refractivity contribution in [2.75, 3.05) is 23.3 Å². The molecule has 2 aromatic heterocycles. The summed E-state index contributed by atoms with van der Waals surface area (Å²) in [6.45, 7) is 6.11. The van der Waals surface area contributed by atoms with Crippen molar-refractivity contribution in [3.63, 3.8) is 0 Å². The van der Waals surface area contributed by atoms with Crippen LogP contribution in [0.3, 0.4) is 0 Å². The summed E-state index contributed by atoms with van der Waals surface area (Å²) in [6.07, 6.45) is 4.27. The van der Waals surface area contributed by atoms with Gasteiger partial charge in [0.05, 0.1) is 0 Å². The van der Waals surface area contributed by atoms with Gasteiger partial charge in [-0.1, -0.05) is 11.2 Å². The van der Waals surface area contributed by atoms with Crippen LogP contribution >= 0.6 is 0 Å². The van der Waals surface area contributed by atoms with E-state index in [-0.39, 0.29) is 6.03 Å². The summed E-state index contributed by atoms with van der Waals surface area (Å²) in [6, 6.07) is 3.72. The van der Waals surface area contributed by atoms with E-state index in [9.17, 15) is 4.79 Å². The Bertz CT molecular complexity index is 655. The Balaban J connectivity index is 1.52. The summed E-state index contributed by atoms with van der Waals surface area (Å²) in [7, 11) is 0. The predicted octanol–water partition coefficient (Wildman–Crippen LogP) is 2.61. The highest BCUT2D eigenvalue weighted by molar-refractivity contribution is 5.90. The molecule has 1 fully saturated rings. The molecule has 3 rings (SSSR count). The smallest absolute Gasteiger partial charge is 0.319 e. The van der Waals surface area contributed by atoms with Crippen LogP contribution in [0.4, 0.5) is 16.3 Å². The van der Waals surface area contributed by atoms with Gasteiger partial charge < -0.3 is 20.1 Å². The van der Waals surface area contributed by atoms with Crippen LogP contribution in [0, 0.1) is 13.8 Å². The van der Waals surface area contributed by atoms with Crippen LogP contribution in [-0.2, 0) is 6.54 Å². The monoisotopic (exact) mass is 315 g/mol. The molecule has 0 saturated carbocycles. The summed E-state index contributed by atoms with van der Waals surface area (Å²) in [5.41, 5.74) is 2.24. The van der Waals surface area contributed by atoms with Crippen molar-refractivity contribution in [3.8, 4) is 0 Å². The third kappa shape index (κ3) is 3.61. The number of rotatable bonds is 4. The van der Waals surface area contributed by atoms with Crippen LogP contribution in [0.25, 0.3) is 0 Å². The largest absolute Gasteiger partial charge is 0.359 e. The minimum atomic E-state index is -0.289. The van der Waals surface area contributed by atoms with Gasteiger partial charge in [0, 0.05) is 25.8 Å². The number of nitrogens with zero attached hydrogens (tertiary/aromatic N) is 3. The van der Waals surface area contributed by atoms with Gasteiger partial charge in [0.2, 0.25) is 0 Å². The van der Waals surface area contributed by atoms with Gasteiger partial charge >= 0.3 is 6.03 Å². The minimum absolute atomic E-state index is 0.289. The molecule has 1 aliphatic heterocycles. The number of aryl methyl sites for hydroxylation is 2. The fourth-order valence-electron chi connectivity index (χ4n) is 2.66. The SMILES string of the molecule is Cc1noc(C)c1NC(=O)NCc1ccc(N2CCCC2)nc1. The van der Waals surface area contributed by atoms with E-state index in [1.54, 1.807) is 13.8 Å². The Morgan fingerprint density at radius 1 is 1.30 bits per heavy atom. The Labute approximate surface area is 135 Å². The van der Waals surface area contributed by atoms with E-state index in [1.807, 2.05) is 18.3 Å². The lowest BCUT2D eigenvalue weighted by atomic mass is 10.3. The molecule has 0 unspecified atom stereocenters. The number of anilines is 2. The van der Waals surface area contributed by atoms with Crippen molar-refractivity contribution in [3.05, 3.63) is 35.3 Å². The maximum Gasteiger partial charge on any atom is 0.319 e. The van der Waals surface area contributed by atoms with Crippen LogP contribution < -0.4 is 15.5 Å². The lowest BCUT2D eigenvalue weighted by molar-refractivity contribution is 0.251. The zero-order valence-corrected chi connectivity index (χ0v) is 13.4. The Kier molecular flexibility index (Phi) is 4.45. The Hall–Kier alpha value is -2.57. The second-order valence-electron chi connectivity index (χ2n) is 5.73. The zero-order valence-electron chi connectivity index (χ0n) is 13.4. The lowest BCUT2D eigenvalue weighted by Crippen LogP contribution is -2.28. The molecule has 0 spiro atoms. The second kappa shape index (κ2) is 6.68. The topological polar surface area (TPSA) is 83.3 Å². The summed E-state index contributed by atoms with van der Waals surface area (Å²) < 4.78 is 5.01. The van der Waals surface area contributed by atoms with Crippen molar-refractivity contribution in [1.29, 1.82) is 0 Å². The molecule has 2 N–H and O–H groups in total. The molecule has 1 aliphatic rings. The number of carbonyl (C=O) groups is 1. The predicted molar refractivity (Wildman–Crippen MR) is 87.5 cm³/mol. The number of pyridine rings is 1. The zero-order chi connectivity index (χ0) is 16.2. The fourth-order valence-corrected chi connectivity index (χ4v) is 2.66. The van der Waals surface area contributed by atoms with Crippen molar-refractivity contribution in [2.24, 2.45) is 0 Å². The highest BCUT2D eigenvalue weighted by Gasteiger charge is 2.14. The van der Waals surface area contributed by atoms with E-state index in [1.165, 1.54) is 12.8 Å². The van der Waals surface area contributed by atoms with E-state index >= 15 is 0 Å². The van der Waals surface area contributed by atoms with Crippen molar-refractivity contribution < 1.29 is 9.32 Å². The number of nitrogens with one attached hydrogen (secondary N) is 2. The number of urea groups is 1. The number of carbonyl (C=O) groups excluding carboxylic acids is 1. The molecule has 122 valence electrons. The minimum Gasteiger partial charge on any atom is -0.359 e. The van der Waals surface area contributed by atoms with Crippen LogP contribution in [0.15, 0.2) is 22.9 Å². The standard InChI is InChI=1S/C16H21N5O2/c1-11-15(12(2)23-20-11)19-16(22)18-10-13-5-6-14(17-9-13)21-7-3-4-8-21/h5-6,9H,3-4,7-8,10H2,1-2H3,(H2,18,19,22). The quantitative estimate of drug-likeness (QED) is 0.906.